The normalized spacial score (nSPS) is 17.5. The molecule has 0 aliphatic heterocycles. The third-order valence-electron chi connectivity index (χ3n) is 4.69. The summed E-state index contributed by atoms with van der Waals surface area (Å²) in [4.78, 5) is 12.6. The molecule has 4 nitrogen and oxygen atoms in total. The van der Waals surface area contributed by atoms with Gasteiger partial charge < -0.3 is 15.8 Å². The van der Waals surface area contributed by atoms with E-state index in [1.165, 1.54) is 6.07 Å². The molecular formula is C20H22F2N2O2. The highest BCUT2D eigenvalue weighted by Gasteiger charge is 2.25. The average molecular weight is 360 g/mol. The lowest BCUT2D eigenvalue weighted by molar-refractivity contribution is -0.123. The first kappa shape index (κ1) is 18.3. The van der Waals surface area contributed by atoms with Crippen LogP contribution in [-0.4, -0.2) is 12.5 Å². The first-order valence-electron chi connectivity index (χ1n) is 8.64. The van der Waals surface area contributed by atoms with Crippen molar-refractivity contribution < 1.29 is 18.3 Å². The molecule has 0 bridgehead atoms. The van der Waals surface area contributed by atoms with E-state index in [0.29, 0.717) is 0 Å². The van der Waals surface area contributed by atoms with Gasteiger partial charge in [0.15, 0.2) is 0 Å². The van der Waals surface area contributed by atoms with Crippen molar-refractivity contribution in [3.8, 4) is 5.75 Å². The van der Waals surface area contributed by atoms with E-state index in [2.05, 4.69) is 10.1 Å². The summed E-state index contributed by atoms with van der Waals surface area (Å²) in [6.07, 6.45) is 2.41. The van der Waals surface area contributed by atoms with Crippen LogP contribution >= 0.6 is 0 Å². The molecule has 1 aliphatic carbocycles. The van der Waals surface area contributed by atoms with Crippen molar-refractivity contribution in [3.63, 3.8) is 0 Å². The molecule has 6 heteroatoms. The Kier molecular flexibility index (Phi) is 5.52. The van der Waals surface area contributed by atoms with Crippen LogP contribution in [0.1, 0.15) is 47.2 Å². The van der Waals surface area contributed by atoms with Crippen LogP contribution in [0.2, 0.25) is 0 Å². The fourth-order valence-corrected chi connectivity index (χ4v) is 3.30. The van der Waals surface area contributed by atoms with Crippen molar-refractivity contribution in [1.82, 2.24) is 5.32 Å². The molecule has 2 unspecified atom stereocenters. The molecule has 2 aromatic rings. The summed E-state index contributed by atoms with van der Waals surface area (Å²) in [6.45, 7) is -0.875. The molecule has 2 aromatic carbocycles. The Morgan fingerprint density at radius 2 is 1.96 bits per heavy atom. The van der Waals surface area contributed by atoms with Gasteiger partial charge >= 0.3 is 6.61 Å². The number of alkyl halides is 2. The summed E-state index contributed by atoms with van der Waals surface area (Å²) in [5.41, 5.74) is 9.80. The van der Waals surface area contributed by atoms with Crippen LogP contribution < -0.4 is 15.8 Å². The highest BCUT2D eigenvalue weighted by Crippen LogP contribution is 2.33. The van der Waals surface area contributed by atoms with Crippen LogP contribution in [0.25, 0.3) is 0 Å². The predicted octanol–water partition coefficient (Wildman–Crippen LogP) is 3.79. The van der Waals surface area contributed by atoms with E-state index in [0.717, 1.165) is 41.5 Å². The second-order valence-corrected chi connectivity index (χ2v) is 6.58. The van der Waals surface area contributed by atoms with Crippen LogP contribution in [0.4, 0.5) is 8.78 Å². The van der Waals surface area contributed by atoms with Crippen LogP contribution in [0, 0.1) is 6.92 Å². The fourth-order valence-electron chi connectivity index (χ4n) is 3.30. The number of halogens is 2. The van der Waals surface area contributed by atoms with Crippen molar-refractivity contribution >= 4 is 5.91 Å². The Morgan fingerprint density at radius 1 is 1.23 bits per heavy atom. The van der Waals surface area contributed by atoms with E-state index < -0.39 is 12.7 Å². The smallest absolute Gasteiger partial charge is 0.387 e. The van der Waals surface area contributed by atoms with E-state index in [1.54, 1.807) is 12.1 Å². The van der Waals surface area contributed by atoms with Gasteiger partial charge in [-0.1, -0.05) is 35.9 Å². The topological polar surface area (TPSA) is 64.4 Å². The number of hydrogen-bond acceptors (Lipinski definition) is 3. The number of nitrogens with one attached hydrogen (secondary N) is 1. The first-order valence-corrected chi connectivity index (χ1v) is 8.64. The monoisotopic (exact) mass is 360 g/mol. The molecule has 0 radical (unpaired) electrons. The zero-order valence-electron chi connectivity index (χ0n) is 14.5. The number of aryl methyl sites for hydroxylation is 2. The SMILES string of the molecule is Cc1ccc(C(N)C(=O)NC2CCCc3cc(OC(F)F)ccc32)cc1. The van der Waals surface area contributed by atoms with Gasteiger partial charge in [-0.3, -0.25) is 4.79 Å². The number of hydrogen-bond donors (Lipinski definition) is 2. The Bertz CT molecular complexity index is 778. The van der Waals surface area contributed by atoms with E-state index in [9.17, 15) is 13.6 Å². The van der Waals surface area contributed by atoms with Crippen LogP contribution in [0.5, 0.6) is 5.75 Å². The van der Waals surface area contributed by atoms with Gasteiger partial charge in [0, 0.05) is 0 Å². The predicted molar refractivity (Wildman–Crippen MR) is 95.0 cm³/mol. The maximum Gasteiger partial charge on any atom is 0.387 e. The standard InChI is InChI=1S/C20H22F2N2O2/c1-12-5-7-13(8-6-12)18(23)19(25)24-17-4-2-3-14-11-15(26-20(21)22)9-10-16(14)17/h5-11,17-18,20H,2-4,23H2,1H3,(H,24,25). The van der Waals surface area contributed by atoms with Gasteiger partial charge in [0.2, 0.25) is 5.91 Å². The van der Waals surface area contributed by atoms with Gasteiger partial charge in [-0.05, 0) is 55.0 Å². The molecule has 0 saturated carbocycles. The van der Waals surface area contributed by atoms with E-state index >= 15 is 0 Å². The minimum Gasteiger partial charge on any atom is -0.435 e. The van der Waals surface area contributed by atoms with Gasteiger partial charge in [0.05, 0.1) is 6.04 Å². The molecule has 1 amide bonds. The van der Waals surface area contributed by atoms with Gasteiger partial charge in [-0.25, -0.2) is 0 Å². The van der Waals surface area contributed by atoms with Gasteiger partial charge in [-0.2, -0.15) is 8.78 Å². The van der Waals surface area contributed by atoms with E-state index in [4.69, 9.17) is 5.73 Å². The summed E-state index contributed by atoms with van der Waals surface area (Å²) in [7, 11) is 0. The summed E-state index contributed by atoms with van der Waals surface area (Å²) < 4.78 is 29.2. The van der Waals surface area contributed by atoms with Crippen molar-refractivity contribution in [2.24, 2.45) is 5.73 Å². The number of carbonyl (C=O) groups excluding carboxylic acids is 1. The highest BCUT2D eigenvalue weighted by atomic mass is 19.3. The number of rotatable bonds is 5. The molecule has 26 heavy (non-hydrogen) atoms. The summed E-state index contributed by atoms with van der Waals surface area (Å²) in [5.74, 6) is -0.110. The minimum absolute atomic E-state index is 0.141. The Balaban J connectivity index is 1.73. The maximum atomic E-state index is 12.6. The average Bonchev–Trinajstić information content (AvgIpc) is 2.61. The fraction of sp³-hybridized carbons (Fsp3) is 0.350. The van der Waals surface area contributed by atoms with Crippen LogP contribution in [0.15, 0.2) is 42.5 Å². The Labute approximate surface area is 151 Å². The lowest BCUT2D eigenvalue weighted by atomic mass is 9.87. The first-order chi connectivity index (χ1) is 12.4. The molecule has 0 saturated heterocycles. The summed E-state index contributed by atoms with van der Waals surface area (Å²) in [6, 6.07) is 11.5. The maximum absolute atomic E-state index is 12.6. The molecule has 0 aromatic heterocycles. The molecule has 3 rings (SSSR count). The third-order valence-corrected chi connectivity index (χ3v) is 4.69. The molecule has 0 spiro atoms. The molecule has 2 atom stereocenters. The Hall–Kier alpha value is -2.47. The second kappa shape index (κ2) is 7.83. The number of nitrogens with two attached hydrogens (primary N) is 1. The largest absolute Gasteiger partial charge is 0.435 e. The molecular weight excluding hydrogens is 338 g/mol. The summed E-state index contributed by atoms with van der Waals surface area (Å²) in [5, 5.41) is 3.00. The van der Waals surface area contributed by atoms with Gasteiger partial charge in [0.1, 0.15) is 11.8 Å². The lowest BCUT2D eigenvalue weighted by Gasteiger charge is -2.28. The number of carbonyl (C=O) groups is 1. The second-order valence-electron chi connectivity index (χ2n) is 6.58. The van der Waals surface area contributed by atoms with Gasteiger partial charge in [0.25, 0.3) is 0 Å². The van der Waals surface area contributed by atoms with Crippen molar-refractivity contribution in [2.45, 2.75) is 44.9 Å². The molecule has 138 valence electrons. The summed E-state index contributed by atoms with van der Waals surface area (Å²) >= 11 is 0. The van der Waals surface area contributed by atoms with E-state index in [-0.39, 0.29) is 17.7 Å². The molecule has 0 fully saturated rings. The molecule has 0 heterocycles. The quantitative estimate of drug-likeness (QED) is 0.853. The molecule has 3 N–H and O–H groups in total. The van der Waals surface area contributed by atoms with Gasteiger partial charge in [-0.15, -0.1) is 0 Å². The van der Waals surface area contributed by atoms with Crippen molar-refractivity contribution in [3.05, 3.63) is 64.7 Å². The minimum atomic E-state index is -2.85. The number of amides is 1. The zero-order chi connectivity index (χ0) is 18.7. The zero-order valence-corrected chi connectivity index (χ0v) is 14.5. The van der Waals surface area contributed by atoms with Crippen LogP contribution in [-0.2, 0) is 11.2 Å². The Morgan fingerprint density at radius 3 is 2.65 bits per heavy atom. The van der Waals surface area contributed by atoms with E-state index in [1.807, 2.05) is 31.2 Å². The third kappa shape index (κ3) is 4.19. The number of ether oxygens (including phenoxy) is 1. The lowest BCUT2D eigenvalue weighted by Crippen LogP contribution is -2.37. The van der Waals surface area contributed by atoms with Crippen molar-refractivity contribution in [1.29, 1.82) is 0 Å². The number of fused-ring (bicyclic) bond motifs is 1. The van der Waals surface area contributed by atoms with Crippen molar-refractivity contribution in [2.75, 3.05) is 0 Å². The molecule has 1 aliphatic rings. The number of benzene rings is 2. The highest BCUT2D eigenvalue weighted by molar-refractivity contribution is 5.83. The van der Waals surface area contributed by atoms with Crippen LogP contribution in [0.3, 0.4) is 0 Å².